The summed E-state index contributed by atoms with van der Waals surface area (Å²) in [6.45, 7) is 0. The Balaban J connectivity index is 1.32. The number of hydrogen-bond donors (Lipinski definition) is 0. The molecule has 0 N–H and O–H groups in total. The fourth-order valence-corrected chi connectivity index (χ4v) is 6.83. The highest BCUT2D eigenvalue weighted by atomic mass is 15.0. The first-order valence-corrected chi connectivity index (χ1v) is 14.5. The molecule has 0 atom stereocenters. The minimum Gasteiger partial charge on any atom is -0.317 e. The lowest BCUT2D eigenvalue weighted by Crippen LogP contribution is -1.96. The van der Waals surface area contributed by atoms with E-state index in [4.69, 9.17) is 0 Å². The van der Waals surface area contributed by atoms with Crippen molar-refractivity contribution in [2.45, 2.75) is 0 Å². The van der Waals surface area contributed by atoms with Crippen molar-refractivity contribution < 1.29 is 0 Å². The maximum absolute atomic E-state index is 2.47. The number of hydrogen-bond acceptors (Lipinski definition) is 0. The molecule has 2 nitrogen and oxygen atoms in total. The quantitative estimate of drug-likeness (QED) is 0.213. The van der Waals surface area contributed by atoms with E-state index in [1.165, 1.54) is 71.1 Å². The molecule has 0 saturated carbocycles. The van der Waals surface area contributed by atoms with Crippen LogP contribution in [-0.2, 0) is 0 Å². The van der Waals surface area contributed by atoms with E-state index in [9.17, 15) is 0 Å². The van der Waals surface area contributed by atoms with E-state index in [0.29, 0.717) is 0 Å². The molecule has 2 aromatic heterocycles. The van der Waals surface area contributed by atoms with Gasteiger partial charge in [0.25, 0.3) is 0 Å². The van der Waals surface area contributed by atoms with Crippen LogP contribution >= 0.6 is 0 Å². The Morgan fingerprint density at radius 3 is 1.88 bits per heavy atom. The Morgan fingerprint density at radius 2 is 1.05 bits per heavy atom. The molecule has 2 heterocycles. The summed E-state index contributed by atoms with van der Waals surface area (Å²) in [5.74, 6) is 0. The van der Waals surface area contributed by atoms with E-state index in [1.807, 2.05) is 0 Å². The molecule has 2 heteroatoms. The van der Waals surface area contributed by atoms with Gasteiger partial charge in [-0.1, -0.05) is 109 Å². The van der Waals surface area contributed by atoms with Crippen LogP contribution in [0, 0.1) is 0 Å². The molecule has 0 amide bonds. The molecular formula is C40H26N2. The lowest BCUT2D eigenvalue weighted by Gasteiger charge is -2.15. The summed E-state index contributed by atoms with van der Waals surface area (Å²) in [5.41, 5.74) is 8.54. The van der Waals surface area contributed by atoms with Crippen molar-refractivity contribution in [3.05, 3.63) is 158 Å². The van der Waals surface area contributed by atoms with Gasteiger partial charge in [-0.2, -0.15) is 0 Å². The van der Waals surface area contributed by atoms with Crippen LogP contribution in [-0.4, -0.2) is 9.13 Å². The van der Waals surface area contributed by atoms with Gasteiger partial charge in [-0.05, 0) is 69.8 Å². The fourth-order valence-electron chi connectivity index (χ4n) is 6.83. The number of rotatable bonds is 3. The standard InChI is InChI=1S/C40H26N2/c1-3-13-31-27(10-1)12-9-19-38(31)42-39-18-8-6-15-33(39)36-26-35(32-14-4-5-16-34(32)40(36)42)28-20-22-30(23-21-28)41-25-24-29-11-2-7-17-37(29)41/h1-26H. The summed E-state index contributed by atoms with van der Waals surface area (Å²) in [6.07, 6.45) is 2.16. The van der Waals surface area contributed by atoms with Crippen molar-refractivity contribution >= 4 is 54.3 Å². The van der Waals surface area contributed by atoms with Gasteiger partial charge in [-0.15, -0.1) is 0 Å². The third kappa shape index (κ3) is 3.33. The van der Waals surface area contributed by atoms with Gasteiger partial charge in [0.05, 0.1) is 22.2 Å². The van der Waals surface area contributed by atoms with Crippen molar-refractivity contribution in [3.8, 4) is 22.5 Å². The predicted molar refractivity (Wildman–Crippen MR) is 178 cm³/mol. The van der Waals surface area contributed by atoms with Crippen molar-refractivity contribution in [2.75, 3.05) is 0 Å². The van der Waals surface area contributed by atoms with Gasteiger partial charge in [-0.25, -0.2) is 0 Å². The highest BCUT2D eigenvalue weighted by molar-refractivity contribution is 6.22. The van der Waals surface area contributed by atoms with Crippen LogP contribution in [0.3, 0.4) is 0 Å². The zero-order valence-corrected chi connectivity index (χ0v) is 22.9. The third-order valence-electron chi connectivity index (χ3n) is 8.74. The summed E-state index contributed by atoms with van der Waals surface area (Å²) in [4.78, 5) is 0. The second kappa shape index (κ2) is 8.95. The molecule has 42 heavy (non-hydrogen) atoms. The molecule has 0 spiro atoms. The maximum Gasteiger partial charge on any atom is 0.0620 e. The average molecular weight is 535 g/mol. The first-order chi connectivity index (χ1) is 20.8. The number of nitrogens with zero attached hydrogens (tertiary/aromatic N) is 2. The molecule has 0 aliphatic rings. The molecule has 9 aromatic rings. The molecular weight excluding hydrogens is 508 g/mol. The summed E-state index contributed by atoms with van der Waals surface area (Å²) >= 11 is 0. The first-order valence-electron chi connectivity index (χ1n) is 14.5. The Morgan fingerprint density at radius 1 is 0.405 bits per heavy atom. The van der Waals surface area contributed by atoms with Crippen molar-refractivity contribution in [2.24, 2.45) is 0 Å². The first kappa shape index (κ1) is 23.1. The predicted octanol–water partition coefficient (Wildman–Crippen LogP) is 10.7. The number of para-hydroxylation sites is 2. The van der Waals surface area contributed by atoms with Gasteiger partial charge in [0.1, 0.15) is 0 Å². The van der Waals surface area contributed by atoms with E-state index in [-0.39, 0.29) is 0 Å². The van der Waals surface area contributed by atoms with Crippen molar-refractivity contribution in [1.29, 1.82) is 0 Å². The Bertz CT molecular complexity index is 2450. The average Bonchev–Trinajstić information content (AvgIpc) is 3.64. The summed E-state index contributed by atoms with van der Waals surface area (Å²) in [5, 5.41) is 8.81. The van der Waals surface area contributed by atoms with Gasteiger partial charge in [0.2, 0.25) is 0 Å². The second-order valence-corrected chi connectivity index (χ2v) is 11.0. The van der Waals surface area contributed by atoms with E-state index >= 15 is 0 Å². The molecule has 0 aliphatic carbocycles. The molecule has 9 rings (SSSR count). The van der Waals surface area contributed by atoms with Crippen molar-refractivity contribution in [1.82, 2.24) is 9.13 Å². The normalized spacial score (nSPS) is 11.8. The second-order valence-electron chi connectivity index (χ2n) is 11.0. The number of benzene rings is 7. The highest BCUT2D eigenvalue weighted by Crippen LogP contribution is 2.42. The minimum absolute atomic E-state index is 1.16. The monoisotopic (exact) mass is 534 g/mol. The molecule has 7 aromatic carbocycles. The van der Waals surface area contributed by atoms with Crippen LogP contribution in [0.25, 0.3) is 76.8 Å². The van der Waals surface area contributed by atoms with E-state index in [1.54, 1.807) is 0 Å². The van der Waals surface area contributed by atoms with Gasteiger partial charge >= 0.3 is 0 Å². The Hall–Kier alpha value is -5.60. The van der Waals surface area contributed by atoms with E-state index in [2.05, 4.69) is 167 Å². The largest absolute Gasteiger partial charge is 0.317 e. The molecule has 0 bridgehead atoms. The van der Waals surface area contributed by atoms with Crippen LogP contribution < -0.4 is 0 Å². The number of aromatic nitrogens is 2. The van der Waals surface area contributed by atoms with E-state index < -0.39 is 0 Å². The van der Waals surface area contributed by atoms with Crippen LogP contribution in [0.4, 0.5) is 0 Å². The lowest BCUT2D eigenvalue weighted by molar-refractivity contribution is 1.13. The van der Waals surface area contributed by atoms with Crippen LogP contribution in [0.1, 0.15) is 0 Å². The Labute approximate surface area is 243 Å². The molecule has 0 aliphatic heterocycles. The molecule has 0 radical (unpaired) electrons. The zero-order chi connectivity index (χ0) is 27.6. The summed E-state index contributed by atoms with van der Waals surface area (Å²) in [7, 11) is 0. The maximum atomic E-state index is 2.47. The number of fused-ring (bicyclic) bond motifs is 7. The summed E-state index contributed by atoms with van der Waals surface area (Å²) < 4.78 is 4.73. The molecule has 0 unspecified atom stereocenters. The molecule has 0 saturated heterocycles. The highest BCUT2D eigenvalue weighted by Gasteiger charge is 2.19. The van der Waals surface area contributed by atoms with Crippen LogP contribution in [0.5, 0.6) is 0 Å². The van der Waals surface area contributed by atoms with Gasteiger partial charge in [-0.3, -0.25) is 0 Å². The lowest BCUT2D eigenvalue weighted by atomic mass is 9.95. The molecule has 0 fully saturated rings. The van der Waals surface area contributed by atoms with Gasteiger partial charge in [0.15, 0.2) is 0 Å². The van der Waals surface area contributed by atoms with Gasteiger partial charge in [0, 0.05) is 33.4 Å². The fraction of sp³-hybridized carbons (Fsp3) is 0. The van der Waals surface area contributed by atoms with Crippen molar-refractivity contribution in [3.63, 3.8) is 0 Å². The topological polar surface area (TPSA) is 9.86 Å². The molecule has 196 valence electrons. The smallest absolute Gasteiger partial charge is 0.0620 e. The zero-order valence-electron chi connectivity index (χ0n) is 22.9. The summed E-state index contributed by atoms with van der Waals surface area (Å²) in [6, 6.07) is 55.1. The Kier molecular flexibility index (Phi) is 4.93. The van der Waals surface area contributed by atoms with E-state index in [0.717, 1.165) is 5.69 Å². The van der Waals surface area contributed by atoms with Gasteiger partial charge < -0.3 is 9.13 Å². The van der Waals surface area contributed by atoms with Crippen LogP contribution in [0.2, 0.25) is 0 Å². The van der Waals surface area contributed by atoms with Crippen LogP contribution in [0.15, 0.2) is 158 Å². The minimum atomic E-state index is 1.16. The SMILES string of the molecule is c1ccc2c(-n3c4ccccc4c4cc(-c5ccc(-n6ccc7ccccc76)cc5)c5ccccc5c43)cccc2c1. The third-order valence-corrected chi connectivity index (χ3v) is 8.74.